The number of carbonyl (C=O) groups is 1. The normalized spacial score (nSPS) is 10.7. The molecule has 0 radical (unpaired) electrons. The molecule has 0 unspecified atom stereocenters. The molecular formula is C15H18N2OS. The first-order chi connectivity index (χ1) is 8.97. The van der Waals surface area contributed by atoms with E-state index in [1.165, 1.54) is 17.3 Å². The third-order valence-electron chi connectivity index (χ3n) is 3.01. The molecule has 0 atom stereocenters. The quantitative estimate of drug-likeness (QED) is 0.633. The number of rotatable bonds is 4. The van der Waals surface area contributed by atoms with Crippen molar-refractivity contribution in [2.75, 3.05) is 5.75 Å². The van der Waals surface area contributed by atoms with Gasteiger partial charge in [0.1, 0.15) is 0 Å². The van der Waals surface area contributed by atoms with Crippen LogP contribution >= 0.6 is 11.8 Å². The molecule has 0 saturated heterocycles. The molecule has 0 fully saturated rings. The molecule has 0 saturated carbocycles. The number of hydrogen-bond acceptors (Lipinski definition) is 3. The molecule has 100 valence electrons. The van der Waals surface area contributed by atoms with Crippen LogP contribution in [0, 0.1) is 20.8 Å². The van der Waals surface area contributed by atoms with E-state index in [0.29, 0.717) is 5.75 Å². The van der Waals surface area contributed by atoms with Crippen LogP contribution in [0.25, 0.3) is 0 Å². The molecule has 0 spiro atoms. The van der Waals surface area contributed by atoms with Crippen LogP contribution in [0.3, 0.4) is 0 Å². The highest BCUT2D eigenvalue weighted by Crippen LogP contribution is 2.22. The predicted octanol–water partition coefficient (Wildman–Crippen LogP) is 3.32. The molecular weight excluding hydrogens is 256 g/mol. The Morgan fingerprint density at radius 3 is 2.42 bits per heavy atom. The van der Waals surface area contributed by atoms with E-state index in [0.717, 1.165) is 21.6 Å². The summed E-state index contributed by atoms with van der Waals surface area (Å²) in [5.41, 5.74) is 4.19. The monoisotopic (exact) mass is 274 g/mol. The maximum Gasteiger partial charge on any atom is 0.173 e. The van der Waals surface area contributed by atoms with Crippen LogP contribution in [0.4, 0.5) is 0 Å². The van der Waals surface area contributed by atoms with Crippen LogP contribution in [0.15, 0.2) is 29.4 Å². The first kappa shape index (κ1) is 13.9. The van der Waals surface area contributed by atoms with Crippen molar-refractivity contribution >= 4 is 17.5 Å². The van der Waals surface area contributed by atoms with Gasteiger partial charge in [0.15, 0.2) is 5.78 Å². The highest BCUT2D eigenvalue weighted by Gasteiger charge is 2.13. The molecule has 0 bridgehead atoms. The number of aryl methyl sites for hydroxylation is 4. The summed E-state index contributed by atoms with van der Waals surface area (Å²) < 4.78 is 1.75. The van der Waals surface area contributed by atoms with Crippen LogP contribution in [0.5, 0.6) is 0 Å². The molecule has 1 aromatic heterocycles. The third-order valence-corrected chi connectivity index (χ3v) is 3.96. The average molecular weight is 274 g/mol. The number of Topliss-reactive ketones (excluding diaryl/α,β-unsaturated/α-hetero) is 1. The molecule has 4 heteroatoms. The van der Waals surface area contributed by atoms with Gasteiger partial charge in [-0.05, 0) is 31.9 Å². The van der Waals surface area contributed by atoms with Gasteiger partial charge in [0.25, 0.3) is 0 Å². The largest absolute Gasteiger partial charge is 0.293 e. The summed E-state index contributed by atoms with van der Waals surface area (Å²) in [5.74, 6) is 0.639. The molecule has 0 aliphatic rings. The van der Waals surface area contributed by atoms with Crippen LogP contribution < -0.4 is 0 Å². The van der Waals surface area contributed by atoms with E-state index in [4.69, 9.17) is 0 Å². The van der Waals surface area contributed by atoms with Crippen molar-refractivity contribution in [2.45, 2.75) is 25.7 Å². The van der Waals surface area contributed by atoms with E-state index in [1.807, 2.05) is 27.1 Å². The van der Waals surface area contributed by atoms with E-state index in [1.54, 1.807) is 10.9 Å². The van der Waals surface area contributed by atoms with E-state index in [2.05, 4.69) is 24.2 Å². The lowest BCUT2D eigenvalue weighted by Crippen LogP contribution is -2.07. The van der Waals surface area contributed by atoms with E-state index < -0.39 is 0 Å². The second-order valence-electron chi connectivity index (χ2n) is 4.84. The van der Waals surface area contributed by atoms with Gasteiger partial charge in [0.2, 0.25) is 0 Å². The summed E-state index contributed by atoms with van der Waals surface area (Å²) in [6, 6.07) is 4.13. The Balaban J connectivity index is 2.12. The number of carbonyl (C=O) groups excluding carboxylic acids is 1. The van der Waals surface area contributed by atoms with E-state index in [-0.39, 0.29) is 5.78 Å². The van der Waals surface area contributed by atoms with E-state index in [9.17, 15) is 4.79 Å². The zero-order valence-corrected chi connectivity index (χ0v) is 12.5. The SMILES string of the molecule is Cc1cc(C)c(C(=O)CSc2cnn(C)c2)c(C)c1. The fourth-order valence-corrected chi connectivity index (χ4v) is 3.11. The van der Waals surface area contributed by atoms with Gasteiger partial charge >= 0.3 is 0 Å². The van der Waals surface area contributed by atoms with Gasteiger partial charge in [-0.15, -0.1) is 11.8 Å². The molecule has 0 aliphatic heterocycles. The second kappa shape index (κ2) is 5.61. The summed E-state index contributed by atoms with van der Waals surface area (Å²) in [6.07, 6.45) is 3.71. The van der Waals surface area contributed by atoms with Gasteiger partial charge in [-0.1, -0.05) is 17.7 Å². The Morgan fingerprint density at radius 1 is 1.26 bits per heavy atom. The van der Waals surface area contributed by atoms with Gasteiger partial charge in [-0.3, -0.25) is 9.48 Å². The molecule has 0 aliphatic carbocycles. The molecule has 2 rings (SSSR count). The predicted molar refractivity (Wildman–Crippen MR) is 78.9 cm³/mol. The molecule has 1 heterocycles. The number of benzene rings is 1. The van der Waals surface area contributed by atoms with Crippen molar-refractivity contribution in [3.05, 3.63) is 46.8 Å². The van der Waals surface area contributed by atoms with Gasteiger partial charge in [-0.25, -0.2) is 0 Å². The fourth-order valence-electron chi connectivity index (χ4n) is 2.31. The van der Waals surface area contributed by atoms with Crippen LogP contribution in [0.2, 0.25) is 0 Å². The molecule has 3 nitrogen and oxygen atoms in total. The topological polar surface area (TPSA) is 34.9 Å². The summed E-state index contributed by atoms with van der Waals surface area (Å²) in [7, 11) is 1.88. The first-order valence-corrected chi connectivity index (χ1v) is 7.18. The molecule has 0 N–H and O–H groups in total. The summed E-state index contributed by atoms with van der Waals surface area (Å²) in [5, 5.41) is 4.10. The van der Waals surface area contributed by atoms with Crippen LogP contribution in [0.1, 0.15) is 27.0 Å². The van der Waals surface area contributed by atoms with Crippen molar-refractivity contribution in [1.29, 1.82) is 0 Å². The van der Waals surface area contributed by atoms with Crippen LogP contribution in [-0.4, -0.2) is 21.3 Å². The lowest BCUT2D eigenvalue weighted by molar-refractivity contribution is 0.102. The Labute approximate surface area is 118 Å². The Bertz CT molecular complexity index is 593. The Hall–Kier alpha value is -1.55. The van der Waals surface area contributed by atoms with Crippen molar-refractivity contribution in [2.24, 2.45) is 7.05 Å². The van der Waals surface area contributed by atoms with Crippen molar-refractivity contribution in [1.82, 2.24) is 9.78 Å². The second-order valence-corrected chi connectivity index (χ2v) is 5.88. The number of ketones is 1. The number of hydrogen-bond donors (Lipinski definition) is 0. The summed E-state index contributed by atoms with van der Waals surface area (Å²) in [4.78, 5) is 13.4. The standard InChI is InChI=1S/C15H18N2OS/c1-10-5-11(2)15(12(3)6-10)14(18)9-19-13-7-16-17(4)8-13/h5-8H,9H2,1-4H3. The molecule has 1 aromatic carbocycles. The summed E-state index contributed by atoms with van der Waals surface area (Å²) >= 11 is 1.53. The van der Waals surface area contributed by atoms with Crippen molar-refractivity contribution in [3.63, 3.8) is 0 Å². The minimum Gasteiger partial charge on any atom is -0.293 e. The Morgan fingerprint density at radius 2 is 1.89 bits per heavy atom. The minimum atomic E-state index is 0.184. The maximum absolute atomic E-state index is 12.3. The first-order valence-electron chi connectivity index (χ1n) is 6.20. The van der Waals surface area contributed by atoms with E-state index >= 15 is 0 Å². The lowest BCUT2D eigenvalue weighted by atomic mass is 9.97. The van der Waals surface area contributed by atoms with Gasteiger partial charge < -0.3 is 0 Å². The smallest absolute Gasteiger partial charge is 0.173 e. The molecule has 19 heavy (non-hydrogen) atoms. The zero-order chi connectivity index (χ0) is 14.0. The zero-order valence-electron chi connectivity index (χ0n) is 11.7. The highest BCUT2D eigenvalue weighted by atomic mass is 32.2. The number of nitrogens with zero attached hydrogens (tertiary/aromatic N) is 2. The highest BCUT2D eigenvalue weighted by molar-refractivity contribution is 8.00. The molecule has 2 aromatic rings. The Kier molecular flexibility index (Phi) is 4.10. The average Bonchev–Trinajstić information content (AvgIpc) is 2.71. The van der Waals surface area contributed by atoms with Crippen molar-refractivity contribution < 1.29 is 4.79 Å². The van der Waals surface area contributed by atoms with Gasteiger partial charge in [0, 0.05) is 23.7 Å². The summed E-state index contributed by atoms with van der Waals surface area (Å²) in [6.45, 7) is 6.06. The number of aromatic nitrogens is 2. The van der Waals surface area contributed by atoms with Crippen molar-refractivity contribution in [3.8, 4) is 0 Å². The maximum atomic E-state index is 12.3. The number of thioether (sulfide) groups is 1. The van der Waals surface area contributed by atoms with Gasteiger partial charge in [0.05, 0.1) is 11.9 Å². The van der Waals surface area contributed by atoms with Crippen LogP contribution in [-0.2, 0) is 7.05 Å². The van der Waals surface area contributed by atoms with Gasteiger partial charge in [-0.2, -0.15) is 5.10 Å². The lowest BCUT2D eigenvalue weighted by Gasteiger charge is -2.09. The fraction of sp³-hybridized carbons (Fsp3) is 0.333. The molecule has 0 amide bonds. The minimum absolute atomic E-state index is 0.184. The third kappa shape index (κ3) is 3.26.